The smallest absolute Gasteiger partial charge is 0.230 e. The van der Waals surface area contributed by atoms with Crippen molar-refractivity contribution in [3.63, 3.8) is 0 Å². The predicted molar refractivity (Wildman–Crippen MR) is 101 cm³/mol. The van der Waals surface area contributed by atoms with Crippen LogP contribution in [0.25, 0.3) is 0 Å². The highest BCUT2D eigenvalue weighted by atomic mass is 16.2. The number of hydrogen-bond donors (Lipinski definition) is 1. The van der Waals surface area contributed by atoms with Crippen molar-refractivity contribution in [1.82, 2.24) is 5.32 Å². The second kappa shape index (κ2) is 8.53. The minimum Gasteiger partial charge on any atom is -0.372 e. The van der Waals surface area contributed by atoms with Gasteiger partial charge < -0.3 is 10.2 Å². The average molecular weight is 324 g/mol. The first-order valence-corrected chi connectivity index (χ1v) is 8.69. The summed E-state index contributed by atoms with van der Waals surface area (Å²) in [5.74, 6) is 0.0801. The molecule has 128 valence electrons. The van der Waals surface area contributed by atoms with Gasteiger partial charge in [-0.25, -0.2) is 0 Å². The van der Waals surface area contributed by atoms with E-state index in [9.17, 15) is 4.79 Å². The Hall–Kier alpha value is -2.29. The molecule has 2 aromatic rings. The monoisotopic (exact) mass is 324 g/mol. The Labute approximate surface area is 145 Å². The van der Waals surface area contributed by atoms with Gasteiger partial charge in [-0.1, -0.05) is 48.5 Å². The molecular weight excluding hydrogens is 296 g/mol. The highest BCUT2D eigenvalue weighted by molar-refractivity contribution is 5.87. The van der Waals surface area contributed by atoms with Crippen LogP contribution in [0.15, 0.2) is 60.7 Å². The average Bonchev–Trinajstić information content (AvgIpc) is 2.63. The van der Waals surface area contributed by atoms with Crippen LogP contribution in [0.2, 0.25) is 0 Å². The first-order chi connectivity index (χ1) is 11.6. The number of para-hydroxylation sites is 1. The molecular formula is C21H28N2O. The van der Waals surface area contributed by atoms with Gasteiger partial charge in [0.2, 0.25) is 5.91 Å². The van der Waals surface area contributed by atoms with E-state index in [2.05, 4.69) is 41.4 Å². The van der Waals surface area contributed by atoms with E-state index >= 15 is 0 Å². The molecule has 24 heavy (non-hydrogen) atoms. The summed E-state index contributed by atoms with van der Waals surface area (Å²) in [4.78, 5) is 14.9. The van der Waals surface area contributed by atoms with E-state index in [0.717, 1.165) is 25.1 Å². The van der Waals surface area contributed by atoms with E-state index in [1.54, 1.807) is 0 Å². The van der Waals surface area contributed by atoms with Crippen LogP contribution < -0.4 is 10.2 Å². The topological polar surface area (TPSA) is 32.3 Å². The zero-order valence-electron chi connectivity index (χ0n) is 15.0. The molecule has 0 heterocycles. The second-order valence-corrected chi connectivity index (χ2v) is 6.52. The van der Waals surface area contributed by atoms with Crippen molar-refractivity contribution in [2.75, 3.05) is 24.5 Å². The van der Waals surface area contributed by atoms with Gasteiger partial charge in [0.1, 0.15) is 0 Å². The van der Waals surface area contributed by atoms with Crippen molar-refractivity contribution >= 4 is 11.6 Å². The number of rotatable bonds is 8. The lowest BCUT2D eigenvalue weighted by Gasteiger charge is -2.25. The molecule has 0 bridgehead atoms. The Morgan fingerprint density at radius 3 is 2.17 bits per heavy atom. The third-order valence-corrected chi connectivity index (χ3v) is 4.46. The Morgan fingerprint density at radius 2 is 1.58 bits per heavy atom. The number of carbonyl (C=O) groups is 1. The van der Waals surface area contributed by atoms with Gasteiger partial charge in [0.25, 0.3) is 0 Å². The first kappa shape index (κ1) is 18.1. The Morgan fingerprint density at radius 1 is 1.00 bits per heavy atom. The van der Waals surface area contributed by atoms with Gasteiger partial charge >= 0.3 is 0 Å². The molecule has 0 fully saturated rings. The first-order valence-electron chi connectivity index (χ1n) is 8.69. The van der Waals surface area contributed by atoms with E-state index in [4.69, 9.17) is 0 Å². The molecule has 0 aliphatic rings. The summed E-state index contributed by atoms with van der Waals surface area (Å²) in [7, 11) is 0. The third kappa shape index (κ3) is 4.60. The van der Waals surface area contributed by atoms with Crippen molar-refractivity contribution in [2.24, 2.45) is 0 Å². The molecule has 3 nitrogen and oxygen atoms in total. The number of amides is 1. The number of anilines is 1. The maximum atomic E-state index is 12.5. The SMILES string of the molecule is CCN(CCCNC(=O)C(C)(C)c1ccccc1)c1ccccc1. The quantitative estimate of drug-likeness (QED) is 0.745. The van der Waals surface area contributed by atoms with E-state index in [1.807, 2.05) is 50.2 Å². The lowest BCUT2D eigenvalue weighted by molar-refractivity contribution is -0.125. The fourth-order valence-electron chi connectivity index (χ4n) is 2.79. The maximum absolute atomic E-state index is 12.5. The highest BCUT2D eigenvalue weighted by Crippen LogP contribution is 2.22. The van der Waals surface area contributed by atoms with Crippen LogP contribution in [-0.2, 0) is 10.2 Å². The molecule has 1 amide bonds. The summed E-state index contributed by atoms with van der Waals surface area (Å²) in [5, 5.41) is 3.09. The van der Waals surface area contributed by atoms with Crippen LogP contribution in [0.4, 0.5) is 5.69 Å². The lowest BCUT2D eigenvalue weighted by atomic mass is 9.84. The van der Waals surface area contributed by atoms with E-state index in [0.29, 0.717) is 6.54 Å². The summed E-state index contributed by atoms with van der Waals surface area (Å²) >= 11 is 0. The van der Waals surface area contributed by atoms with E-state index in [-0.39, 0.29) is 5.91 Å². The largest absolute Gasteiger partial charge is 0.372 e. The second-order valence-electron chi connectivity index (χ2n) is 6.52. The molecule has 2 aromatic carbocycles. The molecule has 0 aliphatic heterocycles. The number of nitrogens with zero attached hydrogens (tertiary/aromatic N) is 1. The van der Waals surface area contributed by atoms with Crippen molar-refractivity contribution in [2.45, 2.75) is 32.6 Å². The van der Waals surface area contributed by atoms with Gasteiger partial charge in [-0.2, -0.15) is 0 Å². The minimum atomic E-state index is -0.509. The van der Waals surface area contributed by atoms with Crippen LogP contribution >= 0.6 is 0 Å². The Bertz CT molecular complexity index is 623. The highest BCUT2D eigenvalue weighted by Gasteiger charge is 2.28. The normalized spacial score (nSPS) is 11.1. The Kier molecular flexibility index (Phi) is 6.42. The van der Waals surface area contributed by atoms with Crippen LogP contribution in [-0.4, -0.2) is 25.5 Å². The number of carbonyl (C=O) groups excluding carboxylic acids is 1. The van der Waals surface area contributed by atoms with Crippen molar-refractivity contribution in [3.05, 3.63) is 66.2 Å². The van der Waals surface area contributed by atoms with Crippen LogP contribution in [0, 0.1) is 0 Å². The summed E-state index contributed by atoms with van der Waals surface area (Å²) in [6.07, 6.45) is 0.930. The standard InChI is InChI=1S/C21H28N2O/c1-4-23(19-14-9-6-10-15-19)17-11-16-22-20(24)21(2,3)18-12-7-5-8-13-18/h5-10,12-15H,4,11,16-17H2,1-3H3,(H,22,24). The van der Waals surface area contributed by atoms with Gasteiger partial charge in [0, 0.05) is 25.3 Å². The fraction of sp³-hybridized carbons (Fsp3) is 0.381. The fourth-order valence-corrected chi connectivity index (χ4v) is 2.79. The van der Waals surface area contributed by atoms with Crippen LogP contribution in [0.1, 0.15) is 32.8 Å². The zero-order chi connectivity index (χ0) is 17.4. The third-order valence-electron chi connectivity index (χ3n) is 4.46. The zero-order valence-corrected chi connectivity index (χ0v) is 15.0. The van der Waals surface area contributed by atoms with Crippen molar-refractivity contribution < 1.29 is 4.79 Å². The summed E-state index contributed by atoms with van der Waals surface area (Å²) in [6.45, 7) is 8.70. The minimum absolute atomic E-state index is 0.0801. The predicted octanol–water partition coefficient (Wildman–Crippen LogP) is 4.00. The number of benzene rings is 2. The molecule has 3 heteroatoms. The summed E-state index contributed by atoms with van der Waals surface area (Å²) < 4.78 is 0. The molecule has 0 aromatic heterocycles. The molecule has 0 spiro atoms. The summed E-state index contributed by atoms with van der Waals surface area (Å²) in [5.41, 5.74) is 1.77. The van der Waals surface area contributed by atoms with E-state index in [1.165, 1.54) is 5.69 Å². The van der Waals surface area contributed by atoms with Gasteiger partial charge in [-0.3, -0.25) is 4.79 Å². The molecule has 0 aliphatic carbocycles. The molecule has 1 N–H and O–H groups in total. The Balaban J connectivity index is 1.82. The maximum Gasteiger partial charge on any atom is 0.230 e. The van der Waals surface area contributed by atoms with Gasteiger partial charge in [-0.05, 0) is 44.9 Å². The van der Waals surface area contributed by atoms with Crippen molar-refractivity contribution in [1.29, 1.82) is 0 Å². The summed E-state index contributed by atoms with van der Waals surface area (Å²) in [6, 6.07) is 20.3. The van der Waals surface area contributed by atoms with E-state index < -0.39 is 5.41 Å². The molecule has 0 radical (unpaired) electrons. The molecule has 0 atom stereocenters. The van der Waals surface area contributed by atoms with Gasteiger partial charge in [0.15, 0.2) is 0 Å². The number of nitrogens with one attached hydrogen (secondary N) is 1. The lowest BCUT2D eigenvalue weighted by Crippen LogP contribution is -2.41. The van der Waals surface area contributed by atoms with Crippen molar-refractivity contribution in [3.8, 4) is 0 Å². The molecule has 0 unspecified atom stereocenters. The molecule has 0 saturated carbocycles. The number of hydrogen-bond acceptors (Lipinski definition) is 2. The van der Waals surface area contributed by atoms with Gasteiger partial charge in [0.05, 0.1) is 5.41 Å². The van der Waals surface area contributed by atoms with Crippen LogP contribution in [0.5, 0.6) is 0 Å². The van der Waals surface area contributed by atoms with Crippen LogP contribution in [0.3, 0.4) is 0 Å². The van der Waals surface area contributed by atoms with Gasteiger partial charge in [-0.15, -0.1) is 0 Å². The molecule has 2 rings (SSSR count). The molecule has 0 saturated heterocycles.